The molecule has 0 unspecified atom stereocenters. The normalized spacial score (nSPS) is 10.6. The van der Waals surface area contributed by atoms with E-state index >= 15 is 0 Å². The molecule has 88 valence electrons. The Bertz CT molecular complexity index is 543. The van der Waals surface area contributed by atoms with Gasteiger partial charge < -0.3 is 0 Å². The van der Waals surface area contributed by atoms with Crippen LogP contribution in [-0.4, -0.2) is 9.97 Å². The highest BCUT2D eigenvalue weighted by Gasteiger charge is 2.08. The third-order valence-corrected chi connectivity index (χ3v) is 3.25. The Kier molecular flexibility index (Phi) is 3.73. The molecule has 2 nitrogen and oxygen atoms in total. The van der Waals surface area contributed by atoms with Crippen LogP contribution in [0, 0.1) is 18.6 Å². The van der Waals surface area contributed by atoms with Crippen molar-refractivity contribution < 1.29 is 8.78 Å². The summed E-state index contributed by atoms with van der Waals surface area (Å²) in [6.45, 7) is 1.73. The highest BCUT2D eigenvalue weighted by atomic mass is 79.9. The SMILES string of the molecule is Cc1nc(Br)cc(Sc2cc(F)ccc2F)n1. The van der Waals surface area contributed by atoms with Gasteiger partial charge in [0, 0.05) is 6.07 Å². The number of aromatic nitrogens is 2. The number of aryl methyl sites for hydroxylation is 1. The van der Waals surface area contributed by atoms with Crippen LogP contribution in [0.2, 0.25) is 0 Å². The van der Waals surface area contributed by atoms with Crippen molar-refractivity contribution in [1.29, 1.82) is 0 Å². The van der Waals surface area contributed by atoms with E-state index in [1.54, 1.807) is 13.0 Å². The zero-order chi connectivity index (χ0) is 12.4. The van der Waals surface area contributed by atoms with Gasteiger partial charge in [0.1, 0.15) is 27.1 Å². The average molecular weight is 317 g/mol. The predicted octanol–water partition coefficient (Wildman–Crippen LogP) is 3.98. The number of hydrogen-bond acceptors (Lipinski definition) is 3. The van der Waals surface area contributed by atoms with Gasteiger partial charge in [0.15, 0.2) is 0 Å². The topological polar surface area (TPSA) is 25.8 Å². The van der Waals surface area contributed by atoms with Crippen LogP contribution in [0.3, 0.4) is 0 Å². The minimum absolute atomic E-state index is 0.204. The zero-order valence-corrected chi connectivity index (χ0v) is 11.1. The fraction of sp³-hybridized carbons (Fsp3) is 0.0909. The molecule has 2 aromatic rings. The fourth-order valence-electron chi connectivity index (χ4n) is 1.23. The van der Waals surface area contributed by atoms with Crippen LogP contribution in [0.1, 0.15) is 5.82 Å². The summed E-state index contributed by atoms with van der Waals surface area (Å²) in [6.07, 6.45) is 0. The minimum atomic E-state index is -0.473. The monoisotopic (exact) mass is 316 g/mol. The van der Waals surface area contributed by atoms with E-state index in [4.69, 9.17) is 0 Å². The Morgan fingerprint density at radius 3 is 2.65 bits per heavy atom. The molecule has 0 saturated heterocycles. The van der Waals surface area contributed by atoms with Crippen molar-refractivity contribution in [3.8, 4) is 0 Å². The van der Waals surface area contributed by atoms with Crippen LogP contribution in [-0.2, 0) is 0 Å². The van der Waals surface area contributed by atoms with E-state index in [9.17, 15) is 8.78 Å². The van der Waals surface area contributed by atoms with Gasteiger partial charge >= 0.3 is 0 Å². The molecule has 1 aromatic carbocycles. The van der Waals surface area contributed by atoms with E-state index < -0.39 is 11.6 Å². The van der Waals surface area contributed by atoms with Crippen LogP contribution in [0.5, 0.6) is 0 Å². The van der Waals surface area contributed by atoms with E-state index in [1.165, 1.54) is 0 Å². The molecular weight excluding hydrogens is 310 g/mol. The zero-order valence-electron chi connectivity index (χ0n) is 8.75. The third kappa shape index (κ3) is 3.23. The van der Waals surface area contributed by atoms with Gasteiger partial charge in [0.05, 0.1) is 4.90 Å². The second-order valence-corrected chi connectivity index (χ2v) is 5.13. The number of halogens is 3. The molecule has 0 saturated carbocycles. The molecule has 1 aromatic heterocycles. The predicted molar refractivity (Wildman–Crippen MR) is 65.0 cm³/mol. The molecule has 0 aliphatic carbocycles. The summed E-state index contributed by atoms with van der Waals surface area (Å²) in [5.74, 6) is -0.374. The molecule has 0 aliphatic rings. The van der Waals surface area contributed by atoms with Gasteiger partial charge in [-0.25, -0.2) is 18.7 Å². The minimum Gasteiger partial charge on any atom is -0.226 e. The molecular formula is C11H7BrF2N2S. The fourth-order valence-corrected chi connectivity index (χ4v) is 2.76. The van der Waals surface area contributed by atoms with E-state index in [1.807, 2.05) is 0 Å². The molecule has 0 bridgehead atoms. The molecule has 0 spiro atoms. The summed E-state index contributed by atoms with van der Waals surface area (Å²) < 4.78 is 27.0. The molecule has 17 heavy (non-hydrogen) atoms. The molecule has 6 heteroatoms. The van der Waals surface area contributed by atoms with Crippen molar-refractivity contribution in [1.82, 2.24) is 9.97 Å². The summed E-state index contributed by atoms with van der Waals surface area (Å²) >= 11 is 4.29. The van der Waals surface area contributed by atoms with E-state index in [2.05, 4.69) is 25.9 Å². The Morgan fingerprint density at radius 1 is 1.18 bits per heavy atom. The first kappa shape index (κ1) is 12.4. The quantitative estimate of drug-likeness (QED) is 0.784. The highest BCUT2D eigenvalue weighted by molar-refractivity contribution is 9.10. The smallest absolute Gasteiger partial charge is 0.137 e. The van der Waals surface area contributed by atoms with Crippen molar-refractivity contribution in [2.45, 2.75) is 16.8 Å². The van der Waals surface area contributed by atoms with Gasteiger partial charge in [-0.3, -0.25) is 0 Å². The number of benzene rings is 1. The van der Waals surface area contributed by atoms with Crippen LogP contribution in [0.15, 0.2) is 38.8 Å². The first-order valence-electron chi connectivity index (χ1n) is 4.69. The second-order valence-electron chi connectivity index (χ2n) is 3.25. The maximum atomic E-state index is 13.4. The number of nitrogens with zero attached hydrogens (tertiary/aromatic N) is 2. The van der Waals surface area contributed by atoms with Crippen molar-refractivity contribution in [3.63, 3.8) is 0 Å². The van der Waals surface area contributed by atoms with Gasteiger partial charge in [0.2, 0.25) is 0 Å². The highest BCUT2D eigenvalue weighted by Crippen LogP contribution is 2.30. The van der Waals surface area contributed by atoms with Crippen LogP contribution in [0.25, 0.3) is 0 Å². The Balaban J connectivity index is 2.34. The van der Waals surface area contributed by atoms with Crippen molar-refractivity contribution in [3.05, 3.63) is 46.3 Å². The van der Waals surface area contributed by atoms with Gasteiger partial charge in [0.25, 0.3) is 0 Å². The number of hydrogen-bond donors (Lipinski definition) is 0. The number of rotatable bonds is 2. The summed E-state index contributed by atoms with van der Waals surface area (Å²) in [5, 5.41) is 0.564. The third-order valence-electron chi connectivity index (χ3n) is 1.89. The Hall–Kier alpha value is -1.01. The molecule has 2 rings (SSSR count). The lowest BCUT2D eigenvalue weighted by atomic mass is 10.3. The first-order valence-corrected chi connectivity index (χ1v) is 6.29. The lowest BCUT2D eigenvalue weighted by Crippen LogP contribution is -1.91. The summed E-state index contributed by atoms with van der Waals surface area (Å²) in [7, 11) is 0. The van der Waals surface area contributed by atoms with Gasteiger partial charge in [-0.1, -0.05) is 11.8 Å². The second kappa shape index (κ2) is 5.10. The van der Waals surface area contributed by atoms with Gasteiger partial charge in [-0.15, -0.1) is 0 Å². The largest absolute Gasteiger partial charge is 0.226 e. The maximum absolute atomic E-state index is 13.4. The van der Waals surface area contributed by atoms with Gasteiger partial charge in [-0.05, 0) is 41.1 Å². The molecule has 0 amide bonds. The van der Waals surface area contributed by atoms with E-state index in [-0.39, 0.29) is 4.90 Å². The van der Waals surface area contributed by atoms with Crippen molar-refractivity contribution in [2.24, 2.45) is 0 Å². The summed E-state index contributed by atoms with van der Waals surface area (Å²) in [6, 6.07) is 4.98. The summed E-state index contributed by atoms with van der Waals surface area (Å²) in [4.78, 5) is 8.38. The standard InChI is InChI=1S/C11H7BrF2N2S/c1-6-15-10(12)5-11(16-6)17-9-4-7(13)2-3-8(9)14/h2-5H,1H3. The summed E-state index contributed by atoms with van der Waals surface area (Å²) in [5.41, 5.74) is 0. The molecule has 0 fully saturated rings. The molecule has 1 heterocycles. The molecule has 0 aliphatic heterocycles. The van der Waals surface area contributed by atoms with Crippen molar-refractivity contribution >= 4 is 27.7 Å². The molecule has 0 radical (unpaired) electrons. The molecule has 0 N–H and O–H groups in total. The van der Waals surface area contributed by atoms with Crippen LogP contribution < -0.4 is 0 Å². The van der Waals surface area contributed by atoms with E-state index in [0.29, 0.717) is 15.5 Å². The van der Waals surface area contributed by atoms with Crippen LogP contribution in [0.4, 0.5) is 8.78 Å². The van der Waals surface area contributed by atoms with Crippen molar-refractivity contribution in [2.75, 3.05) is 0 Å². The lowest BCUT2D eigenvalue weighted by molar-refractivity contribution is 0.577. The Morgan fingerprint density at radius 2 is 1.94 bits per heavy atom. The van der Waals surface area contributed by atoms with Gasteiger partial charge in [-0.2, -0.15) is 0 Å². The lowest BCUT2D eigenvalue weighted by Gasteiger charge is -2.04. The molecule has 0 atom stereocenters. The average Bonchev–Trinajstić information content (AvgIpc) is 2.22. The van der Waals surface area contributed by atoms with E-state index in [0.717, 1.165) is 30.0 Å². The first-order chi connectivity index (χ1) is 8.04. The van der Waals surface area contributed by atoms with Crippen LogP contribution >= 0.6 is 27.7 Å². The Labute approximate surface area is 110 Å². The maximum Gasteiger partial charge on any atom is 0.137 e.